The van der Waals surface area contributed by atoms with Gasteiger partial charge in [0.15, 0.2) is 0 Å². The molecule has 160 valence electrons. The molecule has 2 aromatic carbocycles. The molecule has 2 N–H and O–H groups in total. The number of methoxy groups -OCH3 is 1. The van der Waals surface area contributed by atoms with Crippen molar-refractivity contribution in [3.63, 3.8) is 0 Å². The number of aryl methyl sites for hydroxylation is 2. The molecule has 0 atom stereocenters. The molecule has 0 unspecified atom stereocenters. The zero-order valence-corrected chi connectivity index (χ0v) is 18.4. The van der Waals surface area contributed by atoms with E-state index in [4.69, 9.17) is 16.3 Å². The summed E-state index contributed by atoms with van der Waals surface area (Å²) in [6, 6.07) is 14.5. The molecule has 2 amide bonds. The Kier molecular flexibility index (Phi) is 6.77. The quantitative estimate of drug-likeness (QED) is 0.356. The number of hydrogen-bond acceptors (Lipinski definition) is 4. The van der Waals surface area contributed by atoms with Crippen molar-refractivity contribution >= 4 is 35.3 Å². The third-order valence-electron chi connectivity index (χ3n) is 4.79. The Morgan fingerprint density at radius 3 is 2.55 bits per heavy atom. The summed E-state index contributed by atoms with van der Waals surface area (Å²) in [5, 5.41) is 7.12. The molecule has 0 saturated heterocycles. The Morgan fingerprint density at radius 1 is 1.06 bits per heavy atom. The predicted molar refractivity (Wildman–Crippen MR) is 122 cm³/mol. The second-order valence-corrected chi connectivity index (χ2v) is 7.39. The number of carbonyl (C=O) groups excluding carboxylic acids is 2. The van der Waals surface area contributed by atoms with Gasteiger partial charge in [-0.05, 0) is 56.7 Å². The summed E-state index contributed by atoms with van der Waals surface area (Å²) >= 11 is 6.27. The van der Waals surface area contributed by atoms with Gasteiger partial charge in [0.25, 0.3) is 0 Å². The van der Waals surface area contributed by atoms with E-state index in [-0.39, 0.29) is 0 Å². The van der Waals surface area contributed by atoms with Crippen molar-refractivity contribution in [3.05, 3.63) is 76.1 Å². The van der Waals surface area contributed by atoms with Crippen molar-refractivity contribution in [3.8, 4) is 11.4 Å². The van der Waals surface area contributed by atoms with Crippen molar-refractivity contribution in [1.29, 1.82) is 0 Å². The summed E-state index contributed by atoms with van der Waals surface area (Å²) < 4.78 is 7.14. The van der Waals surface area contributed by atoms with Crippen molar-refractivity contribution in [2.75, 3.05) is 12.4 Å². The molecule has 1 heterocycles. The molecule has 3 aromatic rings. The lowest BCUT2D eigenvalue weighted by atomic mass is 10.2. The molecule has 0 bridgehead atoms. The summed E-state index contributed by atoms with van der Waals surface area (Å²) in [5.41, 5.74) is 7.36. The highest BCUT2D eigenvalue weighted by atomic mass is 35.5. The lowest BCUT2D eigenvalue weighted by Gasteiger charge is -2.11. The minimum absolute atomic E-state index is 0.448. The maximum absolute atomic E-state index is 12.1. The molecule has 7 nitrogen and oxygen atoms in total. The number of nitrogens with one attached hydrogen (secondary N) is 2. The SMILES string of the molecule is COc1cccc(NC(=O)C(=O)N/N=C\c2cc(C)n(-c3ccc(C)c(Cl)c3)c2C)c1. The van der Waals surface area contributed by atoms with Crippen LogP contribution in [0.4, 0.5) is 5.69 Å². The molecule has 1 aromatic heterocycles. The maximum Gasteiger partial charge on any atom is 0.329 e. The fraction of sp³-hybridized carbons (Fsp3) is 0.174. The van der Waals surface area contributed by atoms with Crippen molar-refractivity contribution in [2.24, 2.45) is 5.10 Å². The Labute approximate surface area is 185 Å². The summed E-state index contributed by atoms with van der Waals surface area (Å²) in [7, 11) is 1.52. The molecule has 0 saturated carbocycles. The first-order chi connectivity index (χ1) is 14.8. The normalized spacial score (nSPS) is 10.9. The van der Waals surface area contributed by atoms with Crippen LogP contribution in [-0.2, 0) is 9.59 Å². The van der Waals surface area contributed by atoms with E-state index < -0.39 is 11.8 Å². The minimum atomic E-state index is -0.877. The molecule has 0 radical (unpaired) electrons. The lowest BCUT2D eigenvalue weighted by molar-refractivity contribution is -0.136. The van der Waals surface area contributed by atoms with Gasteiger partial charge in [0, 0.05) is 39.4 Å². The average molecular weight is 439 g/mol. The molecule has 0 aliphatic carbocycles. The zero-order valence-electron chi connectivity index (χ0n) is 17.7. The van der Waals surface area contributed by atoms with Crippen LogP contribution in [0.2, 0.25) is 5.02 Å². The van der Waals surface area contributed by atoms with Crippen LogP contribution in [0, 0.1) is 20.8 Å². The predicted octanol–water partition coefficient (Wildman–Crippen LogP) is 4.15. The van der Waals surface area contributed by atoms with Crippen LogP contribution in [0.3, 0.4) is 0 Å². The van der Waals surface area contributed by atoms with E-state index in [1.54, 1.807) is 24.3 Å². The van der Waals surface area contributed by atoms with E-state index in [1.807, 2.05) is 49.6 Å². The molecule has 8 heteroatoms. The fourth-order valence-corrected chi connectivity index (χ4v) is 3.31. The van der Waals surface area contributed by atoms with Crippen LogP contribution in [-0.4, -0.2) is 29.7 Å². The van der Waals surface area contributed by atoms with Gasteiger partial charge in [0.2, 0.25) is 0 Å². The maximum atomic E-state index is 12.1. The third-order valence-corrected chi connectivity index (χ3v) is 5.19. The molecule has 0 spiro atoms. The van der Waals surface area contributed by atoms with Crippen molar-refractivity contribution in [1.82, 2.24) is 9.99 Å². The molecule has 3 rings (SSSR count). The monoisotopic (exact) mass is 438 g/mol. The van der Waals surface area contributed by atoms with Gasteiger partial charge in [0.05, 0.1) is 13.3 Å². The topological polar surface area (TPSA) is 84.7 Å². The van der Waals surface area contributed by atoms with Crippen LogP contribution in [0.1, 0.15) is 22.5 Å². The fourth-order valence-electron chi connectivity index (χ4n) is 3.14. The van der Waals surface area contributed by atoms with Gasteiger partial charge in [-0.1, -0.05) is 23.7 Å². The second-order valence-electron chi connectivity index (χ2n) is 6.98. The van der Waals surface area contributed by atoms with E-state index >= 15 is 0 Å². The molecule has 0 fully saturated rings. The summed E-state index contributed by atoms with van der Waals surface area (Å²) in [4.78, 5) is 24.1. The molecule has 0 aliphatic rings. The molecular formula is C23H23ClN4O3. The van der Waals surface area contributed by atoms with Gasteiger partial charge < -0.3 is 14.6 Å². The first-order valence-corrected chi connectivity index (χ1v) is 9.92. The Balaban J connectivity index is 1.68. The number of amides is 2. The summed E-state index contributed by atoms with van der Waals surface area (Å²) in [5.74, 6) is -1.13. The number of rotatable bonds is 5. The summed E-state index contributed by atoms with van der Waals surface area (Å²) in [6.45, 7) is 5.87. The Morgan fingerprint density at radius 2 is 1.84 bits per heavy atom. The number of anilines is 1. The number of aromatic nitrogens is 1. The van der Waals surface area contributed by atoms with Crippen LogP contribution in [0.25, 0.3) is 5.69 Å². The van der Waals surface area contributed by atoms with E-state index in [1.165, 1.54) is 13.3 Å². The number of ether oxygens (including phenoxy) is 1. The number of hydrogen-bond donors (Lipinski definition) is 2. The highest BCUT2D eigenvalue weighted by Crippen LogP contribution is 2.24. The van der Waals surface area contributed by atoms with Gasteiger partial charge >= 0.3 is 11.8 Å². The zero-order chi connectivity index (χ0) is 22.5. The molecule has 31 heavy (non-hydrogen) atoms. The van der Waals surface area contributed by atoms with Gasteiger partial charge in [-0.3, -0.25) is 9.59 Å². The molecule has 0 aliphatic heterocycles. The van der Waals surface area contributed by atoms with E-state index in [9.17, 15) is 9.59 Å². The van der Waals surface area contributed by atoms with Gasteiger partial charge in [-0.15, -0.1) is 0 Å². The van der Waals surface area contributed by atoms with E-state index in [0.717, 1.165) is 28.2 Å². The minimum Gasteiger partial charge on any atom is -0.497 e. The molecular weight excluding hydrogens is 416 g/mol. The van der Waals surface area contributed by atoms with E-state index in [0.29, 0.717) is 16.5 Å². The van der Waals surface area contributed by atoms with Crippen molar-refractivity contribution in [2.45, 2.75) is 20.8 Å². The van der Waals surface area contributed by atoms with Crippen molar-refractivity contribution < 1.29 is 14.3 Å². The first kappa shape index (κ1) is 22.1. The highest BCUT2D eigenvalue weighted by molar-refractivity contribution is 6.39. The van der Waals surface area contributed by atoms with Crippen LogP contribution in [0.5, 0.6) is 5.75 Å². The first-order valence-electron chi connectivity index (χ1n) is 9.54. The average Bonchev–Trinajstić information content (AvgIpc) is 3.03. The summed E-state index contributed by atoms with van der Waals surface area (Å²) in [6.07, 6.45) is 1.51. The smallest absolute Gasteiger partial charge is 0.329 e. The second kappa shape index (κ2) is 9.49. The van der Waals surface area contributed by atoms with E-state index in [2.05, 4.69) is 15.8 Å². The van der Waals surface area contributed by atoms with Crippen LogP contribution >= 0.6 is 11.6 Å². The number of nitrogens with zero attached hydrogens (tertiary/aromatic N) is 2. The Bertz CT molecular complexity index is 1170. The largest absolute Gasteiger partial charge is 0.497 e. The number of carbonyl (C=O) groups is 2. The third kappa shape index (κ3) is 5.13. The van der Waals surface area contributed by atoms with Gasteiger partial charge in [-0.25, -0.2) is 5.43 Å². The lowest BCUT2D eigenvalue weighted by Crippen LogP contribution is -2.32. The van der Waals surface area contributed by atoms with Gasteiger partial charge in [0.1, 0.15) is 5.75 Å². The van der Waals surface area contributed by atoms with Crippen LogP contribution in [0.15, 0.2) is 53.6 Å². The number of hydrazone groups is 1. The highest BCUT2D eigenvalue weighted by Gasteiger charge is 2.14. The number of halogens is 1. The Hall–Kier alpha value is -3.58. The van der Waals surface area contributed by atoms with Crippen LogP contribution < -0.4 is 15.5 Å². The standard InChI is InChI=1S/C23H23ClN4O3/c1-14-8-9-19(12-21(14)24)28-15(2)10-17(16(28)3)13-25-27-23(30)22(29)26-18-6-5-7-20(11-18)31-4/h5-13H,1-4H3,(H,26,29)(H,27,30)/b25-13-. The number of benzene rings is 2. The van der Waals surface area contributed by atoms with Gasteiger partial charge in [-0.2, -0.15) is 5.10 Å².